The first-order valence-corrected chi connectivity index (χ1v) is 8.30. The standard InChI is InChI=1S/C18H16Cl2N4/c1-2-24(14-6-4-3-5-7-14)17-10-11-21-18(23-17)22-13-8-9-15(19)16(20)12-13/h3-12H,2H2,1H3,(H,21,22,23). The van der Waals surface area contributed by atoms with Gasteiger partial charge in [0.2, 0.25) is 5.95 Å². The molecule has 1 aromatic heterocycles. The largest absolute Gasteiger partial charge is 0.327 e. The molecule has 0 aliphatic carbocycles. The quantitative estimate of drug-likeness (QED) is 0.636. The number of benzene rings is 2. The molecule has 0 saturated carbocycles. The van der Waals surface area contributed by atoms with Gasteiger partial charge in [0.05, 0.1) is 10.0 Å². The first kappa shape index (κ1) is 16.6. The molecule has 0 saturated heterocycles. The molecule has 1 N–H and O–H groups in total. The highest BCUT2D eigenvalue weighted by Gasteiger charge is 2.10. The molecule has 0 bridgehead atoms. The average Bonchev–Trinajstić information content (AvgIpc) is 2.60. The summed E-state index contributed by atoms with van der Waals surface area (Å²) in [5, 5.41) is 4.15. The summed E-state index contributed by atoms with van der Waals surface area (Å²) in [6, 6.07) is 17.3. The van der Waals surface area contributed by atoms with E-state index >= 15 is 0 Å². The van der Waals surface area contributed by atoms with Crippen LogP contribution in [0.25, 0.3) is 0 Å². The summed E-state index contributed by atoms with van der Waals surface area (Å²) < 4.78 is 0. The van der Waals surface area contributed by atoms with E-state index in [4.69, 9.17) is 23.2 Å². The molecule has 0 aliphatic rings. The molecular weight excluding hydrogens is 343 g/mol. The van der Waals surface area contributed by atoms with E-state index in [1.165, 1.54) is 0 Å². The van der Waals surface area contributed by atoms with Crippen molar-refractivity contribution in [2.24, 2.45) is 0 Å². The van der Waals surface area contributed by atoms with Gasteiger partial charge in [-0.15, -0.1) is 0 Å². The van der Waals surface area contributed by atoms with Crippen LogP contribution in [0.15, 0.2) is 60.8 Å². The van der Waals surface area contributed by atoms with Crippen LogP contribution in [-0.4, -0.2) is 16.5 Å². The summed E-state index contributed by atoms with van der Waals surface area (Å²) in [7, 11) is 0. The zero-order valence-corrected chi connectivity index (χ0v) is 14.6. The van der Waals surface area contributed by atoms with Gasteiger partial charge in [0.15, 0.2) is 0 Å². The summed E-state index contributed by atoms with van der Waals surface area (Å²) in [6.45, 7) is 2.88. The Morgan fingerprint density at radius 1 is 1.00 bits per heavy atom. The van der Waals surface area contributed by atoms with E-state index in [1.807, 2.05) is 30.3 Å². The Balaban J connectivity index is 1.86. The number of para-hydroxylation sites is 1. The normalized spacial score (nSPS) is 10.5. The van der Waals surface area contributed by atoms with Crippen molar-refractivity contribution >= 4 is 46.3 Å². The van der Waals surface area contributed by atoms with Gasteiger partial charge in [0.1, 0.15) is 5.82 Å². The van der Waals surface area contributed by atoms with Gasteiger partial charge < -0.3 is 10.2 Å². The summed E-state index contributed by atoms with van der Waals surface area (Å²) in [4.78, 5) is 11.0. The maximum Gasteiger partial charge on any atom is 0.229 e. The first-order valence-electron chi connectivity index (χ1n) is 7.55. The Morgan fingerprint density at radius 3 is 2.50 bits per heavy atom. The van der Waals surface area contributed by atoms with Crippen molar-refractivity contribution < 1.29 is 0 Å². The monoisotopic (exact) mass is 358 g/mol. The Bertz CT molecular complexity index is 824. The smallest absolute Gasteiger partial charge is 0.229 e. The van der Waals surface area contributed by atoms with E-state index in [1.54, 1.807) is 18.3 Å². The topological polar surface area (TPSA) is 41.1 Å². The number of aromatic nitrogens is 2. The van der Waals surface area contributed by atoms with Gasteiger partial charge in [-0.3, -0.25) is 0 Å². The molecule has 6 heteroatoms. The molecule has 24 heavy (non-hydrogen) atoms. The lowest BCUT2D eigenvalue weighted by molar-refractivity contribution is 0.979. The molecule has 0 amide bonds. The molecule has 3 aromatic rings. The Labute approximate surface area is 151 Å². The molecule has 0 aliphatic heterocycles. The highest BCUT2D eigenvalue weighted by atomic mass is 35.5. The highest BCUT2D eigenvalue weighted by Crippen LogP contribution is 2.27. The van der Waals surface area contributed by atoms with Crippen molar-refractivity contribution in [3.63, 3.8) is 0 Å². The van der Waals surface area contributed by atoms with Gasteiger partial charge >= 0.3 is 0 Å². The maximum atomic E-state index is 6.04. The van der Waals surface area contributed by atoms with Crippen LogP contribution in [0.2, 0.25) is 10.0 Å². The molecule has 3 rings (SSSR count). The summed E-state index contributed by atoms with van der Waals surface area (Å²) >= 11 is 12.0. The third-order valence-corrected chi connectivity index (χ3v) is 4.22. The van der Waals surface area contributed by atoms with Crippen molar-refractivity contribution in [2.45, 2.75) is 6.92 Å². The Morgan fingerprint density at radius 2 is 1.79 bits per heavy atom. The van der Waals surface area contributed by atoms with E-state index < -0.39 is 0 Å². The predicted octanol–water partition coefficient (Wildman–Crippen LogP) is 5.69. The van der Waals surface area contributed by atoms with Crippen LogP contribution in [-0.2, 0) is 0 Å². The van der Waals surface area contributed by atoms with Crippen molar-refractivity contribution in [3.8, 4) is 0 Å². The van der Waals surface area contributed by atoms with Gasteiger partial charge in [-0.25, -0.2) is 4.98 Å². The lowest BCUT2D eigenvalue weighted by atomic mass is 10.3. The first-order chi connectivity index (χ1) is 11.7. The van der Waals surface area contributed by atoms with Crippen molar-refractivity contribution in [2.75, 3.05) is 16.8 Å². The number of halogens is 2. The van der Waals surface area contributed by atoms with Crippen LogP contribution in [0.5, 0.6) is 0 Å². The number of nitrogens with zero attached hydrogens (tertiary/aromatic N) is 3. The van der Waals surface area contributed by atoms with Crippen LogP contribution in [0.4, 0.5) is 23.1 Å². The number of hydrogen-bond acceptors (Lipinski definition) is 4. The third-order valence-electron chi connectivity index (χ3n) is 3.48. The van der Waals surface area contributed by atoms with Gasteiger partial charge in [-0.1, -0.05) is 41.4 Å². The molecule has 2 aromatic carbocycles. The minimum atomic E-state index is 0.484. The van der Waals surface area contributed by atoms with E-state index in [9.17, 15) is 0 Å². The number of anilines is 4. The summed E-state index contributed by atoms with van der Waals surface area (Å²) in [6.07, 6.45) is 1.73. The molecular formula is C18H16Cl2N4. The minimum absolute atomic E-state index is 0.484. The lowest BCUT2D eigenvalue weighted by Crippen LogP contribution is -2.17. The van der Waals surface area contributed by atoms with Gasteiger partial charge in [0.25, 0.3) is 0 Å². The lowest BCUT2D eigenvalue weighted by Gasteiger charge is -2.22. The van der Waals surface area contributed by atoms with E-state index in [0.717, 1.165) is 23.7 Å². The second-order valence-electron chi connectivity index (χ2n) is 5.07. The van der Waals surface area contributed by atoms with E-state index in [0.29, 0.717) is 16.0 Å². The highest BCUT2D eigenvalue weighted by molar-refractivity contribution is 6.42. The van der Waals surface area contributed by atoms with Gasteiger partial charge in [-0.2, -0.15) is 4.98 Å². The number of rotatable bonds is 5. The maximum absolute atomic E-state index is 6.04. The SMILES string of the molecule is CCN(c1ccccc1)c1ccnc(Nc2ccc(Cl)c(Cl)c2)n1. The molecule has 0 fully saturated rings. The van der Waals surface area contributed by atoms with Crippen molar-refractivity contribution in [1.29, 1.82) is 0 Å². The molecule has 1 heterocycles. The second kappa shape index (κ2) is 7.51. The fraction of sp³-hybridized carbons (Fsp3) is 0.111. The van der Waals surface area contributed by atoms with E-state index in [-0.39, 0.29) is 0 Å². The van der Waals surface area contributed by atoms with Crippen LogP contribution in [0.1, 0.15) is 6.92 Å². The summed E-state index contributed by atoms with van der Waals surface area (Å²) in [5.74, 6) is 1.32. The molecule has 0 atom stereocenters. The number of nitrogens with one attached hydrogen (secondary N) is 1. The second-order valence-corrected chi connectivity index (χ2v) is 5.89. The van der Waals surface area contributed by atoms with Crippen LogP contribution in [0.3, 0.4) is 0 Å². The van der Waals surface area contributed by atoms with E-state index in [2.05, 4.69) is 39.2 Å². The van der Waals surface area contributed by atoms with Gasteiger partial charge in [-0.05, 0) is 43.3 Å². The molecule has 0 unspecified atom stereocenters. The zero-order valence-electron chi connectivity index (χ0n) is 13.1. The number of hydrogen-bond donors (Lipinski definition) is 1. The fourth-order valence-electron chi connectivity index (χ4n) is 2.35. The zero-order chi connectivity index (χ0) is 16.9. The van der Waals surface area contributed by atoms with Crippen LogP contribution in [0, 0.1) is 0 Å². The van der Waals surface area contributed by atoms with Crippen molar-refractivity contribution in [1.82, 2.24) is 9.97 Å². The predicted molar refractivity (Wildman–Crippen MR) is 101 cm³/mol. The van der Waals surface area contributed by atoms with Gasteiger partial charge in [0, 0.05) is 24.1 Å². The molecule has 0 spiro atoms. The third kappa shape index (κ3) is 3.78. The van der Waals surface area contributed by atoms with Crippen LogP contribution < -0.4 is 10.2 Å². The minimum Gasteiger partial charge on any atom is -0.327 e. The average molecular weight is 359 g/mol. The Kier molecular flexibility index (Phi) is 5.18. The van der Waals surface area contributed by atoms with Crippen molar-refractivity contribution in [3.05, 3.63) is 70.8 Å². The molecule has 0 radical (unpaired) electrons. The summed E-state index contributed by atoms with van der Waals surface area (Å²) in [5.41, 5.74) is 1.86. The fourth-order valence-corrected chi connectivity index (χ4v) is 2.65. The molecule has 122 valence electrons. The molecule has 4 nitrogen and oxygen atoms in total. The van der Waals surface area contributed by atoms with Crippen LogP contribution >= 0.6 is 23.2 Å². The Hall–Kier alpha value is -2.30.